The summed E-state index contributed by atoms with van der Waals surface area (Å²) in [6.07, 6.45) is -4.94. The van der Waals surface area contributed by atoms with Crippen LogP contribution in [-0.2, 0) is 20.7 Å². The van der Waals surface area contributed by atoms with Crippen LogP contribution in [-0.4, -0.2) is 49.8 Å². The smallest absolute Gasteiger partial charge is 0.375 e. The fourth-order valence-electron chi connectivity index (χ4n) is 4.85. The molecule has 1 saturated heterocycles. The van der Waals surface area contributed by atoms with Crippen molar-refractivity contribution >= 4 is 17.5 Å². The zero-order valence-corrected chi connectivity index (χ0v) is 22.7. The van der Waals surface area contributed by atoms with Gasteiger partial charge in [0.15, 0.2) is 0 Å². The number of carbonyl (C=O) groups is 2. The van der Waals surface area contributed by atoms with Gasteiger partial charge in [-0.15, -0.1) is 0 Å². The van der Waals surface area contributed by atoms with Gasteiger partial charge in [0.2, 0.25) is 11.8 Å². The number of para-hydroxylation sites is 1. The van der Waals surface area contributed by atoms with E-state index >= 15 is 0 Å². The average Bonchev–Trinajstić information content (AvgIpc) is 2.95. The van der Waals surface area contributed by atoms with Crippen molar-refractivity contribution in [1.82, 2.24) is 10.6 Å². The Morgan fingerprint density at radius 1 is 0.905 bits per heavy atom. The Bertz CT molecular complexity index is 1280. The normalized spacial score (nSPS) is 17.2. The number of amides is 2. The first-order valence-electron chi connectivity index (χ1n) is 13.6. The second kappa shape index (κ2) is 14.4. The summed E-state index contributed by atoms with van der Waals surface area (Å²) in [5.74, 6) is -2.53. The van der Waals surface area contributed by atoms with E-state index < -0.39 is 36.1 Å². The van der Waals surface area contributed by atoms with E-state index in [4.69, 9.17) is 4.74 Å². The molecule has 2 atom stereocenters. The maximum absolute atomic E-state index is 13.5. The first kappa shape index (κ1) is 31.1. The summed E-state index contributed by atoms with van der Waals surface area (Å²) in [6.45, 7) is 0.738. The van der Waals surface area contributed by atoms with Gasteiger partial charge in [-0.3, -0.25) is 9.59 Å². The number of rotatable bonds is 11. The maximum Gasteiger partial charge on any atom is 0.397 e. The highest BCUT2D eigenvalue weighted by atomic mass is 19.4. The average molecular weight is 590 g/mol. The minimum absolute atomic E-state index is 0.0351. The fraction of sp³-hybridized carbons (Fsp3) is 0.355. The second-order valence-electron chi connectivity index (χ2n) is 10.3. The third-order valence-electron chi connectivity index (χ3n) is 7.04. The van der Waals surface area contributed by atoms with Crippen LogP contribution < -0.4 is 16.0 Å². The van der Waals surface area contributed by atoms with Crippen molar-refractivity contribution < 1.29 is 36.3 Å². The number of morpholine rings is 1. The molecule has 224 valence electrons. The molecule has 6 nitrogen and oxygen atoms in total. The van der Waals surface area contributed by atoms with E-state index in [0.29, 0.717) is 25.1 Å². The quantitative estimate of drug-likeness (QED) is 0.259. The van der Waals surface area contributed by atoms with Gasteiger partial charge in [0, 0.05) is 37.2 Å². The van der Waals surface area contributed by atoms with Crippen LogP contribution in [0.25, 0.3) is 0 Å². The Kier molecular flexibility index (Phi) is 10.6. The standard InChI is InChI=1S/C31H32F5N3O3/c32-23-10-5-20(6-11-23)27(21-7-12-24(33)13-8-21)15-29(40)39-28-4-2-1-3-22(28)9-14-26-18-37-25(19-42-26)17-38-30(41)16-31(34,35)36/h1-8,10-13,25-27,37H,9,14-19H2,(H,38,41)(H,39,40)/t25-,26-/m1/s1. The molecule has 1 fully saturated rings. The highest BCUT2D eigenvalue weighted by Crippen LogP contribution is 2.30. The molecule has 0 aromatic heterocycles. The Hall–Kier alpha value is -3.83. The van der Waals surface area contributed by atoms with Crippen molar-refractivity contribution in [1.29, 1.82) is 0 Å². The topological polar surface area (TPSA) is 79.5 Å². The monoisotopic (exact) mass is 589 g/mol. The van der Waals surface area contributed by atoms with Crippen molar-refractivity contribution in [2.24, 2.45) is 0 Å². The van der Waals surface area contributed by atoms with Crippen LogP contribution in [0.2, 0.25) is 0 Å². The summed E-state index contributed by atoms with van der Waals surface area (Å²) < 4.78 is 69.9. The first-order chi connectivity index (χ1) is 20.1. The lowest BCUT2D eigenvalue weighted by Gasteiger charge is -2.30. The predicted molar refractivity (Wildman–Crippen MR) is 148 cm³/mol. The van der Waals surface area contributed by atoms with Crippen molar-refractivity contribution in [2.45, 2.75) is 49.9 Å². The molecule has 0 spiro atoms. The molecule has 1 aliphatic heterocycles. The molecule has 0 bridgehead atoms. The summed E-state index contributed by atoms with van der Waals surface area (Å²) in [6, 6.07) is 18.9. The molecule has 3 aromatic rings. The van der Waals surface area contributed by atoms with Crippen molar-refractivity contribution in [3.05, 3.63) is 101 Å². The fourth-order valence-corrected chi connectivity index (χ4v) is 4.85. The summed E-state index contributed by atoms with van der Waals surface area (Å²) >= 11 is 0. The Labute approximate surface area is 240 Å². The summed E-state index contributed by atoms with van der Waals surface area (Å²) in [4.78, 5) is 24.6. The molecule has 1 heterocycles. The molecule has 0 radical (unpaired) electrons. The first-order valence-corrected chi connectivity index (χ1v) is 13.6. The van der Waals surface area contributed by atoms with E-state index in [1.807, 2.05) is 18.2 Å². The number of benzene rings is 3. The molecule has 1 aliphatic rings. The van der Waals surface area contributed by atoms with Crippen LogP contribution in [0.1, 0.15) is 41.9 Å². The molecule has 2 amide bonds. The molecule has 3 N–H and O–H groups in total. The van der Waals surface area contributed by atoms with Crippen molar-refractivity contribution in [3.8, 4) is 0 Å². The number of alkyl halides is 3. The number of hydrogen-bond donors (Lipinski definition) is 3. The van der Waals surface area contributed by atoms with Crippen molar-refractivity contribution in [2.75, 3.05) is 25.0 Å². The van der Waals surface area contributed by atoms with Gasteiger partial charge in [0.1, 0.15) is 18.1 Å². The van der Waals surface area contributed by atoms with Gasteiger partial charge in [-0.05, 0) is 59.9 Å². The molecule has 11 heteroatoms. The van der Waals surface area contributed by atoms with Gasteiger partial charge in [-0.25, -0.2) is 8.78 Å². The van der Waals surface area contributed by atoms with Gasteiger partial charge in [-0.1, -0.05) is 42.5 Å². The number of hydrogen-bond acceptors (Lipinski definition) is 4. The molecule has 0 saturated carbocycles. The van der Waals surface area contributed by atoms with E-state index in [0.717, 1.165) is 16.7 Å². The van der Waals surface area contributed by atoms with E-state index in [1.165, 1.54) is 24.3 Å². The Balaban J connectivity index is 1.30. The lowest BCUT2D eigenvalue weighted by Crippen LogP contribution is -2.51. The van der Waals surface area contributed by atoms with Crippen LogP contribution in [0.5, 0.6) is 0 Å². The number of nitrogens with one attached hydrogen (secondary N) is 3. The molecular weight excluding hydrogens is 557 g/mol. The molecular formula is C31H32F5N3O3. The largest absolute Gasteiger partial charge is 0.397 e. The van der Waals surface area contributed by atoms with Gasteiger partial charge in [0.25, 0.3) is 0 Å². The van der Waals surface area contributed by atoms with Crippen LogP contribution in [0.3, 0.4) is 0 Å². The van der Waals surface area contributed by atoms with Gasteiger partial charge in [0.05, 0.1) is 12.7 Å². The maximum atomic E-state index is 13.5. The lowest BCUT2D eigenvalue weighted by molar-refractivity contribution is -0.153. The zero-order chi connectivity index (χ0) is 30.1. The van der Waals surface area contributed by atoms with E-state index in [1.54, 1.807) is 30.3 Å². The lowest BCUT2D eigenvalue weighted by atomic mass is 9.88. The van der Waals surface area contributed by atoms with E-state index in [2.05, 4.69) is 16.0 Å². The third kappa shape index (κ3) is 9.63. The molecule has 4 rings (SSSR count). The summed E-state index contributed by atoms with van der Waals surface area (Å²) in [7, 11) is 0. The third-order valence-corrected chi connectivity index (χ3v) is 7.04. The zero-order valence-electron chi connectivity index (χ0n) is 22.7. The highest BCUT2D eigenvalue weighted by molar-refractivity contribution is 5.92. The van der Waals surface area contributed by atoms with Crippen LogP contribution >= 0.6 is 0 Å². The second-order valence-corrected chi connectivity index (χ2v) is 10.3. The van der Waals surface area contributed by atoms with E-state index in [9.17, 15) is 31.5 Å². The molecule has 0 unspecified atom stereocenters. The van der Waals surface area contributed by atoms with Crippen LogP contribution in [0.15, 0.2) is 72.8 Å². The SMILES string of the molecule is O=C(CC(F)(F)F)NC[C@@H]1CO[C@H](CCc2ccccc2NC(=O)CC(c2ccc(F)cc2)c2ccc(F)cc2)CN1. The number of carbonyl (C=O) groups excluding carboxylic acids is 2. The number of aryl methyl sites for hydroxylation is 1. The minimum atomic E-state index is -4.55. The molecule has 3 aromatic carbocycles. The van der Waals surface area contributed by atoms with Gasteiger partial charge < -0.3 is 20.7 Å². The van der Waals surface area contributed by atoms with Crippen molar-refractivity contribution in [3.63, 3.8) is 0 Å². The predicted octanol–water partition coefficient (Wildman–Crippen LogP) is 5.48. The number of ether oxygens (including phenoxy) is 1. The molecule has 0 aliphatic carbocycles. The minimum Gasteiger partial charge on any atom is -0.375 e. The van der Waals surface area contributed by atoms with Crippen LogP contribution in [0, 0.1) is 11.6 Å². The number of halogens is 5. The van der Waals surface area contributed by atoms with Gasteiger partial charge >= 0.3 is 6.18 Å². The van der Waals surface area contributed by atoms with E-state index in [-0.39, 0.29) is 37.6 Å². The van der Waals surface area contributed by atoms with Gasteiger partial charge in [-0.2, -0.15) is 13.2 Å². The number of anilines is 1. The highest BCUT2D eigenvalue weighted by Gasteiger charge is 2.31. The molecule has 42 heavy (non-hydrogen) atoms. The summed E-state index contributed by atoms with van der Waals surface area (Å²) in [5, 5.41) is 8.44. The Morgan fingerprint density at radius 2 is 1.52 bits per heavy atom. The van der Waals surface area contributed by atoms with Crippen LogP contribution in [0.4, 0.5) is 27.6 Å². The summed E-state index contributed by atoms with van der Waals surface area (Å²) in [5.41, 5.74) is 3.00. The Morgan fingerprint density at radius 3 is 2.10 bits per heavy atom.